The van der Waals surface area contributed by atoms with Crippen LogP contribution < -0.4 is 5.73 Å². The zero-order chi connectivity index (χ0) is 7.23. The van der Waals surface area contributed by atoms with Crippen LogP contribution in [0.3, 0.4) is 0 Å². The van der Waals surface area contributed by atoms with Crippen molar-refractivity contribution in [3.63, 3.8) is 0 Å². The summed E-state index contributed by atoms with van der Waals surface area (Å²) < 4.78 is 0. The summed E-state index contributed by atoms with van der Waals surface area (Å²) >= 11 is 0. The van der Waals surface area contributed by atoms with Crippen molar-refractivity contribution in [1.29, 1.82) is 0 Å². The summed E-state index contributed by atoms with van der Waals surface area (Å²) in [7, 11) is 0. The predicted octanol–water partition coefficient (Wildman–Crippen LogP) is -0.0613. The Balaban J connectivity index is 2.64. The highest BCUT2D eigenvalue weighted by Crippen LogP contribution is 1.92. The summed E-state index contributed by atoms with van der Waals surface area (Å²) in [5.41, 5.74) is 6.01. The van der Waals surface area contributed by atoms with Gasteiger partial charge in [0, 0.05) is 18.7 Å². The Morgan fingerprint density at radius 1 is 1.50 bits per heavy atom. The van der Waals surface area contributed by atoms with Crippen molar-refractivity contribution in [3.8, 4) is 12.0 Å². The summed E-state index contributed by atoms with van der Waals surface area (Å²) in [6, 6.07) is 4.18. The van der Waals surface area contributed by atoms with Crippen LogP contribution in [-0.2, 0) is 6.42 Å². The van der Waals surface area contributed by atoms with Gasteiger partial charge in [-0.05, 0) is 11.6 Å². The summed E-state index contributed by atoms with van der Waals surface area (Å²) in [5, 5.41) is 7.30. The lowest BCUT2D eigenvalue weighted by Crippen LogP contribution is -1.86. The summed E-state index contributed by atoms with van der Waals surface area (Å²) in [5.74, 6) is 2.72. The molecular weight excluding hydrogens is 126 g/mol. The third-order valence-electron chi connectivity index (χ3n) is 1.04. The maximum absolute atomic E-state index is 4.98. The Morgan fingerprint density at radius 2 is 2.40 bits per heavy atom. The first kappa shape index (κ1) is 6.56. The third-order valence-corrected chi connectivity index (χ3v) is 1.04. The van der Waals surface area contributed by atoms with E-state index in [9.17, 15) is 0 Å². The molecule has 0 spiro atoms. The molecule has 0 unspecified atom stereocenters. The van der Waals surface area contributed by atoms with Crippen molar-refractivity contribution in [3.05, 3.63) is 24.0 Å². The van der Waals surface area contributed by atoms with Crippen molar-refractivity contribution in [1.82, 2.24) is 10.2 Å². The van der Waals surface area contributed by atoms with E-state index >= 15 is 0 Å². The monoisotopic (exact) mass is 133 g/mol. The molecule has 10 heavy (non-hydrogen) atoms. The van der Waals surface area contributed by atoms with Crippen LogP contribution in [0.25, 0.3) is 0 Å². The normalized spacial score (nSPS) is 8.00. The van der Waals surface area contributed by atoms with Crippen LogP contribution in [0, 0.1) is 12.0 Å². The Labute approximate surface area is 59.3 Å². The van der Waals surface area contributed by atoms with E-state index in [-0.39, 0.29) is 0 Å². The molecule has 1 aromatic heterocycles. The Bertz CT molecular complexity index is 245. The molecule has 2 N–H and O–H groups in total. The molecule has 0 aliphatic carbocycles. The number of hydrogen-bond donors (Lipinski definition) is 1. The van der Waals surface area contributed by atoms with E-state index < -0.39 is 0 Å². The van der Waals surface area contributed by atoms with Crippen molar-refractivity contribution in [2.45, 2.75) is 6.42 Å². The fourth-order valence-corrected chi connectivity index (χ4v) is 0.576. The summed E-state index contributed by atoms with van der Waals surface area (Å²) in [6.45, 7) is 0. The van der Waals surface area contributed by atoms with Gasteiger partial charge in [-0.15, -0.1) is 0 Å². The van der Waals surface area contributed by atoms with Crippen LogP contribution in [0.4, 0.5) is 0 Å². The van der Waals surface area contributed by atoms with Gasteiger partial charge in [0.25, 0.3) is 0 Å². The maximum Gasteiger partial charge on any atom is 0.0537 e. The first-order chi connectivity index (χ1) is 4.93. The molecule has 1 rings (SSSR count). The molecule has 1 aromatic rings. The predicted molar refractivity (Wildman–Crippen MR) is 37.7 cm³/mol. The fourth-order valence-electron chi connectivity index (χ4n) is 0.576. The van der Waals surface area contributed by atoms with E-state index in [0.29, 0.717) is 6.42 Å². The van der Waals surface area contributed by atoms with E-state index in [1.807, 2.05) is 6.07 Å². The van der Waals surface area contributed by atoms with E-state index in [0.717, 1.165) is 5.56 Å². The summed E-state index contributed by atoms with van der Waals surface area (Å²) in [4.78, 5) is 0. The molecule has 0 aliphatic heterocycles. The standard InChI is InChI=1S/C7H7N3/c8-4-1-2-7-3-5-9-10-6-7/h3,5-6H,2,8H2. The molecule has 0 saturated heterocycles. The van der Waals surface area contributed by atoms with Crippen molar-refractivity contribution in [2.24, 2.45) is 5.73 Å². The van der Waals surface area contributed by atoms with Crippen LogP contribution in [-0.4, -0.2) is 10.2 Å². The lowest BCUT2D eigenvalue weighted by molar-refractivity contribution is 1.00. The third kappa shape index (κ3) is 1.75. The van der Waals surface area contributed by atoms with Crippen molar-refractivity contribution in [2.75, 3.05) is 0 Å². The van der Waals surface area contributed by atoms with Crippen LogP contribution in [0.1, 0.15) is 5.56 Å². The minimum Gasteiger partial charge on any atom is -0.359 e. The van der Waals surface area contributed by atoms with Gasteiger partial charge in [-0.1, -0.05) is 5.92 Å². The minimum absolute atomic E-state index is 0.645. The lowest BCUT2D eigenvalue weighted by Gasteiger charge is -1.88. The van der Waals surface area contributed by atoms with Gasteiger partial charge >= 0.3 is 0 Å². The molecule has 0 saturated carbocycles. The van der Waals surface area contributed by atoms with Gasteiger partial charge in [0.05, 0.1) is 6.20 Å². The number of hydrogen-bond acceptors (Lipinski definition) is 3. The second-order valence-electron chi connectivity index (χ2n) is 1.75. The lowest BCUT2D eigenvalue weighted by atomic mass is 10.2. The molecule has 50 valence electrons. The molecule has 3 heteroatoms. The number of nitrogens with zero attached hydrogens (tertiary/aromatic N) is 2. The van der Waals surface area contributed by atoms with Crippen LogP contribution in [0.2, 0.25) is 0 Å². The van der Waals surface area contributed by atoms with E-state index in [1.165, 1.54) is 0 Å². The first-order valence-electron chi connectivity index (χ1n) is 2.87. The van der Waals surface area contributed by atoms with Crippen molar-refractivity contribution >= 4 is 0 Å². The van der Waals surface area contributed by atoms with Gasteiger partial charge in [-0.25, -0.2) is 0 Å². The molecule has 1 heterocycles. The smallest absolute Gasteiger partial charge is 0.0537 e. The largest absolute Gasteiger partial charge is 0.359 e. The molecule has 0 fully saturated rings. The van der Waals surface area contributed by atoms with Crippen molar-refractivity contribution < 1.29 is 0 Å². The number of nitrogens with two attached hydrogens (primary N) is 1. The average Bonchev–Trinajstić information content (AvgIpc) is 2.03. The average molecular weight is 133 g/mol. The zero-order valence-corrected chi connectivity index (χ0v) is 5.41. The molecule has 0 amide bonds. The molecule has 0 bridgehead atoms. The molecule has 0 atom stereocenters. The molecule has 3 nitrogen and oxygen atoms in total. The SMILES string of the molecule is NC#CCc1ccnnc1. The Hall–Kier alpha value is -1.56. The highest BCUT2D eigenvalue weighted by Gasteiger charge is 1.85. The number of aromatic nitrogens is 2. The summed E-state index contributed by atoms with van der Waals surface area (Å²) in [6.07, 6.45) is 3.95. The van der Waals surface area contributed by atoms with Gasteiger partial charge in [0.15, 0.2) is 0 Å². The van der Waals surface area contributed by atoms with Crippen LogP contribution in [0.5, 0.6) is 0 Å². The minimum atomic E-state index is 0.645. The topological polar surface area (TPSA) is 51.8 Å². The van der Waals surface area contributed by atoms with Gasteiger partial charge < -0.3 is 5.73 Å². The van der Waals surface area contributed by atoms with Gasteiger partial charge in [0.1, 0.15) is 0 Å². The highest BCUT2D eigenvalue weighted by molar-refractivity contribution is 5.14. The van der Waals surface area contributed by atoms with E-state index in [1.54, 1.807) is 12.4 Å². The Kier molecular flexibility index (Phi) is 2.27. The second-order valence-corrected chi connectivity index (χ2v) is 1.75. The molecule has 0 aromatic carbocycles. The van der Waals surface area contributed by atoms with E-state index in [2.05, 4.69) is 22.2 Å². The fraction of sp³-hybridized carbons (Fsp3) is 0.143. The zero-order valence-electron chi connectivity index (χ0n) is 5.41. The first-order valence-corrected chi connectivity index (χ1v) is 2.87. The van der Waals surface area contributed by atoms with E-state index in [4.69, 9.17) is 5.73 Å². The highest BCUT2D eigenvalue weighted by atomic mass is 15.1. The van der Waals surface area contributed by atoms with Gasteiger partial charge in [-0.3, -0.25) is 0 Å². The van der Waals surface area contributed by atoms with Gasteiger partial charge in [0.2, 0.25) is 0 Å². The van der Waals surface area contributed by atoms with Gasteiger partial charge in [-0.2, -0.15) is 10.2 Å². The van der Waals surface area contributed by atoms with Crippen LogP contribution in [0.15, 0.2) is 18.5 Å². The molecular formula is C7H7N3. The van der Waals surface area contributed by atoms with Crippen LogP contribution >= 0.6 is 0 Å². The maximum atomic E-state index is 4.98. The number of rotatable bonds is 1. The second kappa shape index (κ2) is 3.46. The molecule has 0 radical (unpaired) electrons. The Morgan fingerprint density at radius 3 is 3.00 bits per heavy atom. The quantitative estimate of drug-likeness (QED) is 0.431. The molecule has 0 aliphatic rings.